The van der Waals surface area contributed by atoms with E-state index in [1.165, 1.54) is 0 Å². The topological polar surface area (TPSA) is 34.1 Å². The Bertz CT molecular complexity index is 156. The van der Waals surface area contributed by atoms with Gasteiger partial charge >= 0.3 is 0 Å². The van der Waals surface area contributed by atoms with Crippen molar-refractivity contribution in [1.82, 2.24) is 0 Å². The van der Waals surface area contributed by atoms with Crippen molar-refractivity contribution in [3.05, 3.63) is 0 Å². The molecule has 0 unspecified atom stereocenters. The van der Waals surface area contributed by atoms with Gasteiger partial charge in [0.05, 0.1) is 0 Å². The van der Waals surface area contributed by atoms with Crippen LogP contribution in [0.15, 0.2) is 0 Å². The van der Waals surface area contributed by atoms with Crippen LogP contribution >= 0.6 is 21.6 Å². The highest BCUT2D eigenvalue weighted by Gasteiger charge is 2.14. The molecular weight excluding hydrogens is 192 g/mol. The molecule has 2 nitrogen and oxygen atoms in total. The molecule has 0 aliphatic rings. The van der Waals surface area contributed by atoms with Crippen molar-refractivity contribution in [2.24, 2.45) is 11.8 Å². The van der Waals surface area contributed by atoms with E-state index >= 15 is 0 Å². The van der Waals surface area contributed by atoms with Crippen LogP contribution in [0.3, 0.4) is 0 Å². The van der Waals surface area contributed by atoms with E-state index in [4.69, 9.17) is 0 Å². The fourth-order valence-corrected chi connectivity index (χ4v) is 2.47. The molecular formula is C8H14O2S2. The summed E-state index contributed by atoms with van der Waals surface area (Å²) in [7, 11) is 2.10. The zero-order valence-corrected chi connectivity index (χ0v) is 9.42. The van der Waals surface area contributed by atoms with Gasteiger partial charge < -0.3 is 0 Å². The number of rotatable bonds is 2. The molecule has 70 valence electrons. The Morgan fingerprint density at radius 3 is 1.25 bits per heavy atom. The van der Waals surface area contributed by atoms with Gasteiger partial charge in [-0.25, -0.2) is 0 Å². The first-order chi connectivity index (χ1) is 5.45. The van der Waals surface area contributed by atoms with Crippen molar-refractivity contribution in [1.29, 1.82) is 0 Å². The maximum absolute atomic E-state index is 11.1. The zero-order chi connectivity index (χ0) is 9.72. The summed E-state index contributed by atoms with van der Waals surface area (Å²) < 4.78 is 0. The Labute approximate surface area is 81.3 Å². The Balaban J connectivity index is 3.69. The number of carbonyl (C=O) groups is 2. The third-order valence-electron chi connectivity index (χ3n) is 1.15. The molecule has 0 saturated heterocycles. The predicted molar refractivity (Wildman–Crippen MR) is 54.9 cm³/mol. The Kier molecular flexibility index (Phi) is 5.66. The largest absolute Gasteiger partial charge is 0.286 e. The van der Waals surface area contributed by atoms with Gasteiger partial charge in [0.2, 0.25) is 10.2 Å². The van der Waals surface area contributed by atoms with Gasteiger partial charge in [0.15, 0.2) is 0 Å². The highest BCUT2D eigenvalue weighted by Crippen LogP contribution is 2.28. The van der Waals surface area contributed by atoms with Crippen LogP contribution in [0.2, 0.25) is 0 Å². The first-order valence-corrected chi connectivity index (χ1v) is 6.02. The Morgan fingerprint density at radius 2 is 1.08 bits per heavy atom. The van der Waals surface area contributed by atoms with Crippen molar-refractivity contribution in [2.75, 3.05) is 0 Å². The lowest BCUT2D eigenvalue weighted by molar-refractivity contribution is -0.114. The molecule has 0 amide bonds. The van der Waals surface area contributed by atoms with Crippen LogP contribution in [0, 0.1) is 11.8 Å². The van der Waals surface area contributed by atoms with Crippen molar-refractivity contribution in [3.63, 3.8) is 0 Å². The van der Waals surface area contributed by atoms with Gasteiger partial charge in [-0.05, 0) is 21.6 Å². The molecule has 0 aliphatic heterocycles. The average molecular weight is 206 g/mol. The molecule has 0 bridgehead atoms. The van der Waals surface area contributed by atoms with Gasteiger partial charge in [0.1, 0.15) is 0 Å². The molecule has 0 rings (SSSR count). The van der Waals surface area contributed by atoms with Gasteiger partial charge in [-0.3, -0.25) is 9.59 Å². The van der Waals surface area contributed by atoms with E-state index in [2.05, 4.69) is 0 Å². The lowest BCUT2D eigenvalue weighted by atomic mass is 10.3. The van der Waals surface area contributed by atoms with Crippen molar-refractivity contribution >= 4 is 31.8 Å². The summed E-state index contributed by atoms with van der Waals surface area (Å²) in [5.74, 6) is 0.00456. The van der Waals surface area contributed by atoms with Crippen molar-refractivity contribution in [3.8, 4) is 0 Å². The zero-order valence-electron chi connectivity index (χ0n) is 7.79. The number of carbonyl (C=O) groups excluding carboxylic acids is 2. The van der Waals surface area contributed by atoms with Crippen LogP contribution in [0.4, 0.5) is 0 Å². The smallest absolute Gasteiger partial charge is 0.202 e. The maximum Gasteiger partial charge on any atom is 0.202 e. The van der Waals surface area contributed by atoms with E-state index < -0.39 is 0 Å². The predicted octanol–water partition coefficient (Wildman–Crippen LogP) is 2.73. The fourth-order valence-electron chi connectivity index (χ4n) is 0.275. The lowest BCUT2D eigenvalue weighted by Gasteiger charge is -2.03. The highest BCUT2D eigenvalue weighted by atomic mass is 33.1. The van der Waals surface area contributed by atoms with Crippen LogP contribution in [0.1, 0.15) is 27.7 Å². The Morgan fingerprint density at radius 1 is 0.833 bits per heavy atom. The quantitative estimate of drug-likeness (QED) is 0.651. The molecule has 0 aromatic rings. The van der Waals surface area contributed by atoms with E-state index in [0.29, 0.717) is 0 Å². The first kappa shape index (κ1) is 12.0. The van der Waals surface area contributed by atoms with Gasteiger partial charge in [-0.2, -0.15) is 0 Å². The molecule has 0 atom stereocenters. The summed E-state index contributed by atoms with van der Waals surface area (Å²) in [4.78, 5) is 22.1. The fraction of sp³-hybridized carbons (Fsp3) is 0.750. The van der Waals surface area contributed by atoms with E-state index in [0.717, 1.165) is 21.6 Å². The molecule has 0 saturated carbocycles. The third-order valence-corrected chi connectivity index (χ3v) is 3.74. The molecule has 0 radical (unpaired) electrons. The van der Waals surface area contributed by atoms with Crippen LogP contribution < -0.4 is 0 Å². The van der Waals surface area contributed by atoms with E-state index in [1.807, 2.05) is 27.7 Å². The number of hydrogen-bond acceptors (Lipinski definition) is 4. The minimum atomic E-state index is 0.00228. The summed E-state index contributed by atoms with van der Waals surface area (Å²) >= 11 is 0. The van der Waals surface area contributed by atoms with E-state index in [-0.39, 0.29) is 22.1 Å². The van der Waals surface area contributed by atoms with Crippen LogP contribution in [0.5, 0.6) is 0 Å². The van der Waals surface area contributed by atoms with Crippen LogP contribution in [-0.2, 0) is 9.59 Å². The Hall–Kier alpha value is 0.0400. The van der Waals surface area contributed by atoms with E-state index in [1.54, 1.807) is 0 Å². The first-order valence-electron chi connectivity index (χ1n) is 3.87. The lowest BCUT2D eigenvalue weighted by Crippen LogP contribution is -2.03. The molecule has 0 heterocycles. The summed E-state index contributed by atoms with van der Waals surface area (Å²) in [6.07, 6.45) is 0. The van der Waals surface area contributed by atoms with Crippen LogP contribution in [0.25, 0.3) is 0 Å². The molecule has 0 aromatic carbocycles. The van der Waals surface area contributed by atoms with Gasteiger partial charge in [0, 0.05) is 11.8 Å². The molecule has 4 heteroatoms. The summed E-state index contributed by atoms with van der Waals surface area (Å²) in [5.41, 5.74) is 0. The second-order valence-corrected chi connectivity index (χ2v) is 5.25. The monoisotopic (exact) mass is 206 g/mol. The SMILES string of the molecule is CC(C)C(=O)SSC(=O)C(C)C. The van der Waals surface area contributed by atoms with Gasteiger partial charge in [0.25, 0.3) is 0 Å². The third kappa shape index (κ3) is 4.83. The second-order valence-electron chi connectivity index (χ2n) is 3.11. The summed E-state index contributed by atoms with van der Waals surface area (Å²) in [5, 5.41) is 0.128. The van der Waals surface area contributed by atoms with Crippen molar-refractivity contribution in [2.45, 2.75) is 27.7 Å². The molecule has 0 fully saturated rings. The highest BCUT2D eigenvalue weighted by molar-refractivity contribution is 8.87. The minimum Gasteiger partial charge on any atom is -0.286 e. The molecule has 0 aliphatic carbocycles. The molecule has 12 heavy (non-hydrogen) atoms. The second kappa shape index (κ2) is 5.65. The summed E-state index contributed by atoms with van der Waals surface area (Å²) in [6, 6.07) is 0. The molecule has 0 N–H and O–H groups in total. The maximum atomic E-state index is 11.1. The van der Waals surface area contributed by atoms with E-state index in [9.17, 15) is 9.59 Å². The van der Waals surface area contributed by atoms with Gasteiger partial charge in [-0.1, -0.05) is 27.7 Å². The minimum absolute atomic E-state index is 0.00228. The normalized spacial score (nSPS) is 10.8. The van der Waals surface area contributed by atoms with Crippen LogP contribution in [-0.4, -0.2) is 10.2 Å². The number of hydrogen-bond donors (Lipinski definition) is 0. The van der Waals surface area contributed by atoms with Crippen molar-refractivity contribution < 1.29 is 9.59 Å². The standard InChI is InChI=1S/C8H14O2S2/c1-5(2)7(9)11-12-8(10)6(3)4/h5-6H,1-4H3. The van der Waals surface area contributed by atoms with Gasteiger partial charge in [-0.15, -0.1) is 0 Å². The summed E-state index contributed by atoms with van der Waals surface area (Å²) in [6.45, 7) is 7.32. The average Bonchev–Trinajstić information content (AvgIpc) is 1.98. The molecule has 0 aromatic heterocycles. The molecule has 0 spiro atoms.